The van der Waals surface area contributed by atoms with Crippen molar-refractivity contribution in [3.8, 4) is 0 Å². The Morgan fingerprint density at radius 2 is 0.796 bits per heavy atom. The molecule has 0 heterocycles. The summed E-state index contributed by atoms with van der Waals surface area (Å²) in [6.45, 7) is 5.37. The third-order valence-electron chi connectivity index (χ3n) is 10.1. The molecule has 0 rings (SSSR count). The highest BCUT2D eigenvalue weighted by atomic mass is 16.6. The number of allylic oxidation sites excluding steroid dienone is 2. The molecule has 0 amide bonds. The van der Waals surface area contributed by atoms with E-state index in [-0.39, 0.29) is 12.6 Å². The van der Waals surface area contributed by atoms with E-state index in [4.69, 9.17) is 9.47 Å². The van der Waals surface area contributed by atoms with Crippen LogP contribution >= 0.6 is 0 Å². The monoisotopic (exact) mass is 693 g/mol. The molecule has 1 N–H and O–H groups in total. The van der Waals surface area contributed by atoms with Gasteiger partial charge in [-0.2, -0.15) is 0 Å². The van der Waals surface area contributed by atoms with Crippen LogP contribution in [0.3, 0.4) is 0 Å². The number of unbranched alkanes of at least 4 members (excludes halogenated alkanes) is 32. The predicted octanol–water partition coefficient (Wildman–Crippen LogP) is 14.5. The van der Waals surface area contributed by atoms with Gasteiger partial charge in [0.15, 0.2) is 0 Å². The first-order valence-electron chi connectivity index (χ1n) is 22.3. The Kier molecular flexibility index (Phi) is 42.5. The van der Waals surface area contributed by atoms with E-state index in [9.17, 15) is 9.90 Å². The quantitative estimate of drug-likeness (QED) is 0.0393. The molecule has 0 saturated heterocycles. The zero-order chi connectivity index (χ0) is 35.6. The number of rotatable bonds is 42. The predicted molar refractivity (Wildman–Crippen MR) is 214 cm³/mol. The minimum atomic E-state index is -0.532. The summed E-state index contributed by atoms with van der Waals surface area (Å²) in [5.74, 6) is -0.205. The van der Waals surface area contributed by atoms with Gasteiger partial charge in [0.25, 0.3) is 0 Å². The smallest absolute Gasteiger partial charge is 0.306 e. The van der Waals surface area contributed by atoms with Gasteiger partial charge in [0, 0.05) is 13.0 Å². The Bertz CT molecular complexity index is 648. The molecular weight excluding hydrogens is 604 g/mol. The second kappa shape index (κ2) is 43.3. The van der Waals surface area contributed by atoms with Crippen molar-refractivity contribution in [1.82, 2.24) is 0 Å². The zero-order valence-corrected chi connectivity index (χ0v) is 33.5. The lowest BCUT2D eigenvalue weighted by atomic mass is 10.0. The molecular formula is C45H88O4. The molecule has 1 unspecified atom stereocenters. The number of ether oxygens (including phenoxy) is 2. The van der Waals surface area contributed by atoms with Crippen molar-refractivity contribution in [2.45, 2.75) is 251 Å². The third-order valence-corrected chi connectivity index (χ3v) is 10.1. The van der Waals surface area contributed by atoms with Crippen LogP contribution in [0.4, 0.5) is 0 Å². The average Bonchev–Trinajstić information content (AvgIpc) is 3.11. The maximum atomic E-state index is 12.2. The van der Waals surface area contributed by atoms with Crippen LogP contribution in [-0.4, -0.2) is 37.0 Å². The summed E-state index contributed by atoms with van der Waals surface area (Å²) >= 11 is 0. The Morgan fingerprint density at radius 3 is 1.16 bits per heavy atom. The summed E-state index contributed by atoms with van der Waals surface area (Å²) < 4.78 is 11.2. The van der Waals surface area contributed by atoms with Gasteiger partial charge in [-0.15, -0.1) is 0 Å². The van der Waals surface area contributed by atoms with E-state index in [1.807, 2.05) is 0 Å². The highest BCUT2D eigenvalue weighted by molar-refractivity contribution is 5.69. The second-order valence-corrected chi connectivity index (χ2v) is 15.1. The number of carbonyl (C=O) groups excluding carboxylic acids is 1. The van der Waals surface area contributed by atoms with Gasteiger partial charge in [-0.3, -0.25) is 4.79 Å². The summed E-state index contributed by atoms with van der Waals surface area (Å²) in [4.78, 5) is 12.2. The van der Waals surface area contributed by atoms with E-state index in [1.54, 1.807) is 0 Å². The van der Waals surface area contributed by atoms with Gasteiger partial charge >= 0.3 is 5.97 Å². The Hall–Kier alpha value is -0.870. The molecule has 0 fully saturated rings. The Morgan fingerprint density at radius 1 is 0.469 bits per heavy atom. The number of aliphatic hydroxyl groups excluding tert-OH is 1. The number of hydrogen-bond acceptors (Lipinski definition) is 4. The van der Waals surface area contributed by atoms with Gasteiger partial charge in [-0.05, 0) is 38.5 Å². The van der Waals surface area contributed by atoms with Crippen LogP contribution < -0.4 is 0 Å². The molecule has 0 bridgehead atoms. The topological polar surface area (TPSA) is 55.8 Å². The lowest BCUT2D eigenvalue weighted by Crippen LogP contribution is -2.27. The molecule has 0 aromatic heterocycles. The lowest BCUT2D eigenvalue weighted by Gasteiger charge is -2.15. The van der Waals surface area contributed by atoms with Crippen molar-refractivity contribution >= 4 is 5.97 Å². The Labute approximate surface area is 307 Å². The first-order chi connectivity index (χ1) is 24.2. The van der Waals surface area contributed by atoms with Crippen molar-refractivity contribution in [3.05, 3.63) is 12.2 Å². The summed E-state index contributed by atoms with van der Waals surface area (Å²) in [5.41, 5.74) is 0. The first-order valence-corrected chi connectivity index (χ1v) is 22.3. The molecule has 0 aromatic rings. The minimum Gasteiger partial charge on any atom is -0.457 e. The maximum Gasteiger partial charge on any atom is 0.306 e. The molecule has 0 aliphatic rings. The second-order valence-electron chi connectivity index (χ2n) is 15.1. The van der Waals surface area contributed by atoms with Crippen LogP contribution in [0.2, 0.25) is 0 Å². The number of esters is 1. The molecule has 0 radical (unpaired) electrons. The molecule has 4 nitrogen and oxygen atoms in total. The van der Waals surface area contributed by atoms with Gasteiger partial charge in [0.1, 0.15) is 6.10 Å². The van der Waals surface area contributed by atoms with Crippen molar-refractivity contribution in [2.24, 2.45) is 0 Å². The third kappa shape index (κ3) is 41.4. The van der Waals surface area contributed by atoms with Gasteiger partial charge in [-0.1, -0.05) is 212 Å². The number of hydrogen-bond donors (Lipinski definition) is 1. The van der Waals surface area contributed by atoms with E-state index in [1.165, 1.54) is 205 Å². The van der Waals surface area contributed by atoms with Gasteiger partial charge in [0.05, 0.1) is 13.2 Å². The van der Waals surface area contributed by atoms with Crippen LogP contribution in [0.25, 0.3) is 0 Å². The zero-order valence-electron chi connectivity index (χ0n) is 33.5. The van der Waals surface area contributed by atoms with Crippen molar-refractivity contribution in [1.29, 1.82) is 0 Å². The molecule has 0 aliphatic carbocycles. The fourth-order valence-corrected chi connectivity index (χ4v) is 6.74. The van der Waals surface area contributed by atoms with Gasteiger partial charge in [0.2, 0.25) is 0 Å². The summed E-state index contributed by atoms with van der Waals surface area (Å²) in [7, 11) is 0. The molecule has 0 spiro atoms. The van der Waals surface area contributed by atoms with Crippen molar-refractivity contribution < 1.29 is 19.4 Å². The highest BCUT2D eigenvalue weighted by Crippen LogP contribution is 2.16. The molecule has 1 atom stereocenters. The van der Waals surface area contributed by atoms with Crippen LogP contribution in [-0.2, 0) is 14.3 Å². The van der Waals surface area contributed by atoms with Crippen molar-refractivity contribution in [2.75, 3.05) is 19.8 Å². The number of aliphatic hydroxyl groups is 1. The summed E-state index contributed by atoms with van der Waals surface area (Å²) in [5, 5.41) is 9.59. The van der Waals surface area contributed by atoms with Crippen LogP contribution in [0.5, 0.6) is 0 Å². The van der Waals surface area contributed by atoms with Gasteiger partial charge in [-0.25, -0.2) is 0 Å². The normalized spacial score (nSPS) is 12.3. The fourth-order valence-electron chi connectivity index (χ4n) is 6.74. The van der Waals surface area contributed by atoms with E-state index in [0.717, 1.165) is 19.3 Å². The molecule has 4 heteroatoms. The standard InChI is InChI=1S/C45H88O4/c1-3-5-7-9-11-13-15-17-19-20-21-22-23-24-25-26-27-29-31-33-35-37-39-41-48-43-44(42-46)49-45(47)40-38-36-34-32-30-28-18-16-14-12-10-8-6-4-2/h16,18,44,46H,3-15,17,19-43H2,1-2H3/b18-16-. The molecule has 49 heavy (non-hydrogen) atoms. The van der Waals surface area contributed by atoms with Crippen LogP contribution in [0.15, 0.2) is 12.2 Å². The highest BCUT2D eigenvalue weighted by Gasteiger charge is 2.13. The SMILES string of the molecule is CCCCCCC/C=C\CCCCCCCC(=O)OC(CO)COCCCCCCCCCCCCCCCCCCCCCCCCC. The summed E-state index contributed by atoms with van der Waals surface area (Å²) in [6, 6.07) is 0. The van der Waals surface area contributed by atoms with E-state index >= 15 is 0 Å². The van der Waals surface area contributed by atoms with Crippen LogP contribution in [0.1, 0.15) is 245 Å². The van der Waals surface area contributed by atoms with Crippen LogP contribution in [0, 0.1) is 0 Å². The lowest BCUT2D eigenvalue weighted by molar-refractivity contribution is -0.154. The van der Waals surface area contributed by atoms with Gasteiger partial charge < -0.3 is 14.6 Å². The maximum absolute atomic E-state index is 12.2. The largest absolute Gasteiger partial charge is 0.457 e. The minimum absolute atomic E-state index is 0.169. The molecule has 0 aromatic carbocycles. The summed E-state index contributed by atoms with van der Waals surface area (Å²) in [6.07, 6.45) is 51.4. The molecule has 292 valence electrons. The Balaban J connectivity index is 3.35. The van der Waals surface area contributed by atoms with E-state index < -0.39 is 6.10 Å². The van der Waals surface area contributed by atoms with E-state index in [0.29, 0.717) is 19.6 Å². The molecule has 0 aliphatic heterocycles. The number of carbonyl (C=O) groups is 1. The van der Waals surface area contributed by atoms with E-state index in [2.05, 4.69) is 26.0 Å². The fraction of sp³-hybridized carbons (Fsp3) is 0.933. The first kappa shape index (κ1) is 48.1. The average molecular weight is 693 g/mol. The molecule has 0 saturated carbocycles. The van der Waals surface area contributed by atoms with Crippen molar-refractivity contribution in [3.63, 3.8) is 0 Å².